The molecule has 0 radical (unpaired) electrons. The van der Waals surface area contributed by atoms with E-state index in [4.69, 9.17) is 0 Å². The van der Waals surface area contributed by atoms with E-state index in [1.54, 1.807) is 4.68 Å². The summed E-state index contributed by atoms with van der Waals surface area (Å²) >= 11 is 0. The topological polar surface area (TPSA) is 75.9 Å². The number of rotatable bonds is 5. The molecule has 0 spiro atoms. The zero-order valence-corrected chi connectivity index (χ0v) is 15.3. The highest BCUT2D eigenvalue weighted by Gasteiger charge is 2.13. The molecule has 2 heterocycles. The second-order valence-electron chi connectivity index (χ2n) is 6.83. The number of nitrogens with one attached hydrogen (secondary N) is 1. The third kappa shape index (κ3) is 4.03. The molecule has 1 aromatic heterocycles. The van der Waals surface area contributed by atoms with Crippen LogP contribution in [0, 0.1) is 6.92 Å². The number of anilines is 1. The molecule has 0 bridgehead atoms. The molecule has 1 aliphatic rings. The van der Waals surface area contributed by atoms with E-state index in [9.17, 15) is 4.79 Å². The average Bonchev–Trinajstić information content (AvgIpc) is 3.34. The van der Waals surface area contributed by atoms with Crippen LogP contribution in [0.2, 0.25) is 0 Å². The van der Waals surface area contributed by atoms with Crippen LogP contribution in [0.3, 0.4) is 0 Å². The van der Waals surface area contributed by atoms with E-state index in [1.807, 2.05) is 49.4 Å². The van der Waals surface area contributed by atoms with E-state index in [0.717, 1.165) is 25.3 Å². The number of carbonyl (C=O) groups is 1. The lowest BCUT2D eigenvalue weighted by atomic mass is 10.1. The Balaban J connectivity index is 1.48. The van der Waals surface area contributed by atoms with E-state index in [-0.39, 0.29) is 5.91 Å². The maximum Gasteiger partial charge on any atom is 0.255 e. The number of nitrogens with zero attached hydrogens (tertiary/aromatic N) is 5. The van der Waals surface area contributed by atoms with Crippen LogP contribution in [-0.4, -0.2) is 44.1 Å². The fourth-order valence-electron chi connectivity index (χ4n) is 3.40. The standard InChI is InChI=1S/C20H22N6O/c1-15-22-23-24-26(15)19-9-5-8-18(13-19)21-20(27)17-7-4-6-16(12-17)14-25-10-2-3-11-25/h4-9,12-13H,2-3,10-11,14H2,1H3,(H,21,27). The van der Waals surface area contributed by atoms with Crippen molar-refractivity contribution in [3.8, 4) is 5.69 Å². The lowest BCUT2D eigenvalue weighted by Gasteiger charge is -2.15. The van der Waals surface area contributed by atoms with Gasteiger partial charge in [0.25, 0.3) is 5.91 Å². The summed E-state index contributed by atoms with van der Waals surface area (Å²) in [4.78, 5) is 15.1. The predicted molar refractivity (Wildman–Crippen MR) is 103 cm³/mol. The van der Waals surface area contributed by atoms with Crippen molar-refractivity contribution in [2.45, 2.75) is 26.3 Å². The molecule has 27 heavy (non-hydrogen) atoms. The Morgan fingerprint density at radius 2 is 1.93 bits per heavy atom. The molecule has 1 aliphatic heterocycles. The minimum absolute atomic E-state index is 0.121. The summed E-state index contributed by atoms with van der Waals surface area (Å²) in [5.41, 5.74) is 3.34. The van der Waals surface area contributed by atoms with Gasteiger partial charge in [-0.25, -0.2) is 0 Å². The summed E-state index contributed by atoms with van der Waals surface area (Å²) in [6, 6.07) is 15.3. The summed E-state index contributed by atoms with van der Waals surface area (Å²) in [6.07, 6.45) is 2.52. The minimum Gasteiger partial charge on any atom is -0.322 e. The second kappa shape index (κ2) is 7.67. The first kappa shape index (κ1) is 17.4. The van der Waals surface area contributed by atoms with Gasteiger partial charge >= 0.3 is 0 Å². The first-order chi connectivity index (χ1) is 13.2. The first-order valence-electron chi connectivity index (χ1n) is 9.17. The molecule has 7 heteroatoms. The Labute approximate surface area is 158 Å². The van der Waals surface area contributed by atoms with Gasteiger partial charge in [-0.05, 0) is 79.2 Å². The van der Waals surface area contributed by atoms with Crippen LogP contribution in [0.25, 0.3) is 5.69 Å². The van der Waals surface area contributed by atoms with Gasteiger partial charge in [0.2, 0.25) is 0 Å². The van der Waals surface area contributed by atoms with Crippen LogP contribution < -0.4 is 5.32 Å². The molecule has 1 fully saturated rings. The van der Waals surface area contributed by atoms with E-state index < -0.39 is 0 Å². The molecule has 1 N–H and O–H groups in total. The quantitative estimate of drug-likeness (QED) is 0.755. The number of carbonyl (C=O) groups excluding carboxylic acids is 1. The van der Waals surface area contributed by atoms with E-state index in [2.05, 4.69) is 31.8 Å². The van der Waals surface area contributed by atoms with Crippen molar-refractivity contribution >= 4 is 11.6 Å². The zero-order chi connectivity index (χ0) is 18.6. The molecule has 0 atom stereocenters. The summed E-state index contributed by atoms with van der Waals surface area (Å²) in [5.74, 6) is 0.567. The summed E-state index contributed by atoms with van der Waals surface area (Å²) in [7, 11) is 0. The van der Waals surface area contributed by atoms with Crippen molar-refractivity contribution in [3.63, 3.8) is 0 Å². The van der Waals surface area contributed by atoms with E-state index in [0.29, 0.717) is 17.1 Å². The van der Waals surface area contributed by atoms with Gasteiger partial charge in [0.15, 0.2) is 5.82 Å². The van der Waals surface area contributed by atoms with Crippen LogP contribution in [0.5, 0.6) is 0 Å². The normalized spacial score (nSPS) is 14.4. The molecule has 1 amide bonds. The van der Waals surface area contributed by atoms with Crippen molar-refractivity contribution < 1.29 is 4.79 Å². The molecule has 7 nitrogen and oxygen atoms in total. The Morgan fingerprint density at radius 3 is 2.70 bits per heavy atom. The Kier molecular flexibility index (Phi) is 4.93. The summed E-state index contributed by atoms with van der Waals surface area (Å²) < 4.78 is 1.63. The molecular weight excluding hydrogens is 340 g/mol. The van der Waals surface area contributed by atoms with Gasteiger partial charge in [-0.2, -0.15) is 4.68 Å². The molecule has 0 saturated carbocycles. The van der Waals surface area contributed by atoms with Crippen LogP contribution >= 0.6 is 0 Å². The van der Waals surface area contributed by atoms with Crippen LogP contribution in [0.1, 0.15) is 34.6 Å². The predicted octanol–water partition coefficient (Wildman–Crippen LogP) is 2.82. The smallest absolute Gasteiger partial charge is 0.255 e. The third-order valence-electron chi connectivity index (χ3n) is 4.77. The molecular formula is C20H22N6O. The molecule has 138 valence electrons. The number of benzene rings is 2. The highest BCUT2D eigenvalue weighted by molar-refractivity contribution is 6.04. The van der Waals surface area contributed by atoms with Gasteiger partial charge in [-0.15, -0.1) is 5.10 Å². The number of likely N-dealkylation sites (tertiary alicyclic amines) is 1. The van der Waals surface area contributed by atoms with Gasteiger partial charge in [0, 0.05) is 17.8 Å². The molecule has 0 aliphatic carbocycles. The molecule has 1 saturated heterocycles. The minimum atomic E-state index is -0.121. The highest BCUT2D eigenvalue weighted by Crippen LogP contribution is 2.17. The second-order valence-corrected chi connectivity index (χ2v) is 6.83. The van der Waals surface area contributed by atoms with Crippen molar-refractivity contribution in [2.75, 3.05) is 18.4 Å². The van der Waals surface area contributed by atoms with Crippen molar-refractivity contribution in [2.24, 2.45) is 0 Å². The van der Waals surface area contributed by atoms with Gasteiger partial charge in [0.05, 0.1) is 5.69 Å². The Bertz CT molecular complexity index is 945. The van der Waals surface area contributed by atoms with E-state index >= 15 is 0 Å². The molecule has 0 unspecified atom stereocenters. The monoisotopic (exact) mass is 362 g/mol. The zero-order valence-electron chi connectivity index (χ0n) is 15.3. The highest BCUT2D eigenvalue weighted by atomic mass is 16.1. The third-order valence-corrected chi connectivity index (χ3v) is 4.77. The summed E-state index contributed by atoms with van der Waals surface area (Å²) in [5, 5.41) is 14.5. The Morgan fingerprint density at radius 1 is 1.11 bits per heavy atom. The maximum atomic E-state index is 12.7. The first-order valence-corrected chi connectivity index (χ1v) is 9.17. The number of hydrogen-bond acceptors (Lipinski definition) is 5. The van der Waals surface area contributed by atoms with Gasteiger partial charge < -0.3 is 5.32 Å². The number of hydrogen-bond donors (Lipinski definition) is 1. The van der Waals surface area contributed by atoms with Gasteiger partial charge in [-0.1, -0.05) is 18.2 Å². The van der Waals surface area contributed by atoms with Crippen LogP contribution in [-0.2, 0) is 6.54 Å². The molecule has 2 aromatic carbocycles. The van der Waals surface area contributed by atoms with Crippen molar-refractivity contribution in [1.29, 1.82) is 0 Å². The van der Waals surface area contributed by atoms with Gasteiger partial charge in [-0.3, -0.25) is 9.69 Å². The number of amides is 1. The van der Waals surface area contributed by atoms with Crippen molar-refractivity contribution in [1.82, 2.24) is 25.1 Å². The largest absolute Gasteiger partial charge is 0.322 e. The molecule has 4 rings (SSSR count). The average molecular weight is 362 g/mol. The lowest BCUT2D eigenvalue weighted by Crippen LogP contribution is -2.19. The fourth-order valence-corrected chi connectivity index (χ4v) is 3.40. The van der Waals surface area contributed by atoms with Crippen LogP contribution in [0.15, 0.2) is 48.5 Å². The molecule has 3 aromatic rings. The number of tetrazole rings is 1. The number of aromatic nitrogens is 4. The fraction of sp³-hybridized carbons (Fsp3) is 0.300. The SMILES string of the molecule is Cc1nnnn1-c1cccc(NC(=O)c2cccc(CN3CCCC3)c2)c1. The number of aryl methyl sites for hydroxylation is 1. The van der Waals surface area contributed by atoms with Gasteiger partial charge in [0.1, 0.15) is 0 Å². The maximum absolute atomic E-state index is 12.7. The summed E-state index contributed by atoms with van der Waals surface area (Å²) in [6.45, 7) is 5.01. The van der Waals surface area contributed by atoms with Crippen LogP contribution in [0.4, 0.5) is 5.69 Å². The lowest BCUT2D eigenvalue weighted by molar-refractivity contribution is 0.102. The van der Waals surface area contributed by atoms with E-state index in [1.165, 1.54) is 18.4 Å². The Hall–Kier alpha value is -3.06. The van der Waals surface area contributed by atoms with Crippen molar-refractivity contribution in [3.05, 3.63) is 65.5 Å².